The minimum atomic E-state index is -5.19. The van der Waals surface area contributed by atoms with Crippen LogP contribution in [0.25, 0.3) is 0 Å². The summed E-state index contributed by atoms with van der Waals surface area (Å²) in [5.74, 6) is -2.53. The summed E-state index contributed by atoms with van der Waals surface area (Å²) in [4.78, 5) is 17.4. The first-order valence-electron chi connectivity index (χ1n) is 13.4. The van der Waals surface area contributed by atoms with Crippen LogP contribution in [0, 0.1) is 39.9 Å². The van der Waals surface area contributed by atoms with E-state index in [1.165, 1.54) is 0 Å². The van der Waals surface area contributed by atoms with Crippen molar-refractivity contribution in [2.45, 2.75) is 20.0 Å². The van der Waals surface area contributed by atoms with Gasteiger partial charge in [0.05, 0.1) is 26.3 Å². The van der Waals surface area contributed by atoms with E-state index >= 15 is 0 Å². The summed E-state index contributed by atoms with van der Waals surface area (Å²) in [7, 11) is 0. The third kappa shape index (κ3) is 18.0. The average Bonchev–Trinajstić information content (AvgIpc) is 2.94. The molecule has 0 heterocycles. The number of ether oxygens (including phenoxy) is 2. The molecule has 1 radical (unpaired) electrons. The maximum absolute atomic E-state index is 12.2. The number of rotatable bonds is 18. The Morgan fingerprint density at radius 1 is 0.767 bits per heavy atom. The van der Waals surface area contributed by atoms with Crippen LogP contribution in [0.4, 0.5) is 13.2 Å². The first-order chi connectivity index (χ1) is 20.1. The maximum Gasteiger partial charge on any atom is 3.00 e. The van der Waals surface area contributed by atoms with Gasteiger partial charge in [-0.3, -0.25) is 9.98 Å². The van der Waals surface area contributed by atoms with Crippen LogP contribution in [0.5, 0.6) is 23.0 Å². The zero-order valence-electron chi connectivity index (χ0n) is 24.0. The van der Waals surface area contributed by atoms with Crippen LogP contribution < -0.4 is 40.7 Å². The van der Waals surface area contributed by atoms with Crippen molar-refractivity contribution in [3.8, 4) is 23.0 Å². The molecule has 0 saturated heterocycles. The molecule has 2 rings (SSSR count). The molecule has 0 atom stereocenters. The van der Waals surface area contributed by atoms with E-state index in [-0.39, 0.29) is 51.4 Å². The Morgan fingerprint density at radius 2 is 1.12 bits per heavy atom. The molecule has 0 unspecified atom stereocenters. The Hall–Kier alpha value is -2.56. The summed E-state index contributed by atoms with van der Waals surface area (Å²) in [5.41, 5.74) is 1.09. The molecule has 0 aliphatic carbocycles. The van der Waals surface area contributed by atoms with E-state index in [4.69, 9.17) is 19.4 Å². The molecule has 3 N–H and O–H groups in total. The molecule has 0 aliphatic heterocycles. The van der Waals surface area contributed by atoms with Crippen molar-refractivity contribution in [2.24, 2.45) is 9.98 Å². The predicted octanol–water partition coefficient (Wildman–Crippen LogP) is 0.237. The van der Waals surface area contributed by atoms with Crippen molar-refractivity contribution in [3.05, 3.63) is 47.5 Å². The van der Waals surface area contributed by atoms with Gasteiger partial charge in [-0.1, -0.05) is 35.8 Å². The minimum absolute atomic E-state index is 0. The van der Waals surface area contributed by atoms with Crippen molar-refractivity contribution in [1.82, 2.24) is 16.0 Å². The molecule has 15 heteroatoms. The second kappa shape index (κ2) is 23.8. The van der Waals surface area contributed by atoms with Crippen molar-refractivity contribution < 1.29 is 82.7 Å². The molecule has 0 aliphatic rings. The van der Waals surface area contributed by atoms with E-state index in [9.17, 15) is 23.4 Å². The molecule has 0 fully saturated rings. The summed E-state index contributed by atoms with van der Waals surface area (Å²) >= 11 is 0. The van der Waals surface area contributed by atoms with Crippen LogP contribution in [0.15, 0.2) is 46.4 Å². The maximum atomic E-state index is 12.2. The van der Waals surface area contributed by atoms with Gasteiger partial charge in [0.2, 0.25) is 0 Å². The van der Waals surface area contributed by atoms with Gasteiger partial charge < -0.3 is 45.5 Å². The van der Waals surface area contributed by atoms with Gasteiger partial charge in [0, 0.05) is 51.7 Å². The molecule has 0 saturated carbocycles. The number of nitrogens with one attached hydrogen (secondary N) is 3. The monoisotopic (exact) mass is 754 g/mol. The zero-order chi connectivity index (χ0) is 31.2. The third-order valence-electron chi connectivity index (χ3n) is 5.10. The summed E-state index contributed by atoms with van der Waals surface area (Å²) in [6, 6.07) is 10.4. The van der Waals surface area contributed by atoms with E-state index < -0.39 is 12.1 Å². The van der Waals surface area contributed by atoms with Gasteiger partial charge in [-0.05, 0) is 37.1 Å². The second-order valence-corrected chi connectivity index (χ2v) is 8.32. The number of carboxylic acids is 1. The van der Waals surface area contributed by atoms with E-state index in [1.54, 1.807) is 48.8 Å². The number of nitrogens with zero attached hydrogens (tertiary/aromatic N) is 2. The van der Waals surface area contributed by atoms with Crippen LogP contribution in [0.1, 0.15) is 25.0 Å². The molecule has 2 aromatic carbocycles. The third-order valence-corrected chi connectivity index (χ3v) is 5.10. The van der Waals surface area contributed by atoms with Crippen molar-refractivity contribution in [2.75, 3.05) is 65.6 Å². The number of benzene rings is 2. The molecular weight excluding hydrogens is 717 g/mol. The second-order valence-electron chi connectivity index (χ2n) is 8.32. The normalized spacial score (nSPS) is 11.2. The summed E-state index contributed by atoms with van der Waals surface area (Å²) in [5, 5.41) is 43.1. The number of hydrogen-bond donors (Lipinski definition) is 3. The number of hydrogen-bond acceptors (Lipinski definition) is 11. The number of halogens is 3. The van der Waals surface area contributed by atoms with Crippen molar-refractivity contribution >= 4 is 18.4 Å². The molecule has 239 valence electrons. The minimum Gasteiger partial charge on any atom is -0.870 e. The number of aliphatic imine (C=N–C) groups is 2. The Bertz CT molecular complexity index is 1050. The summed E-state index contributed by atoms with van der Waals surface area (Å²) < 4.78 is 42.2. The molecule has 0 bridgehead atoms. The Kier molecular flexibility index (Phi) is 22.4. The van der Waals surface area contributed by atoms with Gasteiger partial charge in [0.15, 0.2) is 0 Å². The molecule has 43 heavy (non-hydrogen) atoms. The Labute approximate surface area is 281 Å². The van der Waals surface area contributed by atoms with E-state index in [2.05, 4.69) is 25.9 Å². The number of aliphatic carboxylic acids is 1. The van der Waals surface area contributed by atoms with Gasteiger partial charge in [-0.25, -0.2) is 0 Å². The Balaban J connectivity index is 0.00000196. The van der Waals surface area contributed by atoms with Crippen LogP contribution >= 0.6 is 0 Å². The first kappa shape index (κ1) is 40.4. The molecule has 0 aromatic heterocycles. The fourth-order valence-corrected chi connectivity index (χ4v) is 3.15. The van der Waals surface area contributed by atoms with Gasteiger partial charge in [0.25, 0.3) is 0 Å². The number of carbonyl (C=O) groups is 1. The predicted molar refractivity (Wildman–Crippen MR) is 149 cm³/mol. The van der Waals surface area contributed by atoms with Gasteiger partial charge in [-0.2, -0.15) is 13.2 Å². The van der Waals surface area contributed by atoms with Crippen LogP contribution in [0.3, 0.4) is 0 Å². The molecule has 0 spiro atoms. The van der Waals surface area contributed by atoms with Crippen molar-refractivity contribution in [3.63, 3.8) is 0 Å². The zero-order valence-corrected chi connectivity index (χ0v) is 26.3. The average molecular weight is 754 g/mol. The summed E-state index contributed by atoms with van der Waals surface area (Å²) in [6.07, 6.45) is -1.98. The first-order valence-corrected chi connectivity index (χ1v) is 13.4. The molecule has 0 amide bonds. The fraction of sp³-hybridized carbons (Fsp3) is 0.464. The van der Waals surface area contributed by atoms with Gasteiger partial charge in [0.1, 0.15) is 17.5 Å². The van der Waals surface area contributed by atoms with Crippen molar-refractivity contribution in [1.29, 1.82) is 0 Å². The van der Waals surface area contributed by atoms with Gasteiger partial charge >= 0.3 is 46.1 Å². The Morgan fingerprint density at radius 3 is 1.44 bits per heavy atom. The number of alkyl halides is 3. The van der Waals surface area contributed by atoms with Crippen LogP contribution in [-0.4, -0.2) is 90.1 Å². The van der Waals surface area contributed by atoms with E-state index in [1.807, 2.05) is 13.8 Å². The quantitative estimate of drug-likeness (QED) is 0.143. The smallest absolute Gasteiger partial charge is 0.870 e. The largest absolute Gasteiger partial charge is 3.00 e. The van der Waals surface area contributed by atoms with Gasteiger partial charge in [-0.15, -0.1) is 0 Å². The van der Waals surface area contributed by atoms with Crippen LogP contribution in [-0.2, 0) is 4.79 Å². The number of carboxylic acid groups (broad SMARTS) is 1. The standard InChI is InChI=1S/C26H39N5O4.C2HF3O2.Gd/c1-3-34-23-9-5-7-21(25(23)32)19-30-17-15-28-13-11-27-12-14-29-16-18-31-20-22-8-6-10-24(26(22)33)35-4-2;3-2(4,5)1(6)7;/h5-10,19-20,27-29,32-33H,3-4,11-18H2,1-2H3;(H,6,7);/q;;+3/p-3. The van der Waals surface area contributed by atoms with Crippen LogP contribution in [0.2, 0.25) is 0 Å². The number of para-hydroxylation sites is 2. The topological polar surface area (TPSA) is 166 Å². The number of carbonyl (C=O) groups excluding carboxylic acids is 1. The van der Waals surface area contributed by atoms with E-state index in [0.717, 1.165) is 39.3 Å². The summed E-state index contributed by atoms with van der Waals surface area (Å²) in [6.45, 7) is 10.7. The SMILES string of the molecule is CCOc1cccc(C=NCCNCCNCCNCCN=Cc2cccc(OCC)c2[O-])c1[O-].O=C([O-])C(F)(F)F.[Gd+3]. The molecule has 11 nitrogen and oxygen atoms in total. The molecular formula is C28H37F3GdN5O6. The van der Waals surface area contributed by atoms with E-state index in [0.29, 0.717) is 48.9 Å². The fourth-order valence-electron chi connectivity index (χ4n) is 3.15. The molecule has 2 aromatic rings.